The van der Waals surface area contributed by atoms with Crippen molar-refractivity contribution < 1.29 is 8.42 Å². The highest BCUT2D eigenvalue weighted by Gasteiger charge is 2.28. The molecule has 0 saturated carbocycles. The van der Waals surface area contributed by atoms with Crippen LogP contribution in [-0.2, 0) is 15.6 Å². The lowest BCUT2D eigenvalue weighted by atomic mass is 10.1. The lowest BCUT2D eigenvalue weighted by molar-refractivity contribution is 0.360. The third-order valence-electron chi connectivity index (χ3n) is 2.36. The molecule has 0 aliphatic heterocycles. The molecule has 7 heteroatoms. The van der Waals surface area contributed by atoms with Crippen molar-refractivity contribution in [2.45, 2.75) is 38.1 Å². The SMILES string of the molecule is C=CCNS(=O)(=O)c1c(C)nn(C(C)(C)C)c1N. The van der Waals surface area contributed by atoms with Crippen LogP contribution in [0, 0.1) is 6.92 Å². The number of hydrogen-bond donors (Lipinski definition) is 2. The Morgan fingerprint density at radius 1 is 1.50 bits per heavy atom. The molecule has 0 radical (unpaired) electrons. The Balaban J connectivity index is 3.35. The average Bonchev–Trinajstić information content (AvgIpc) is 2.51. The van der Waals surface area contributed by atoms with Crippen LogP contribution in [0.2, 0.25) is 0 Å². The Bertz CT molecular complexity index is 552. The smallest absolute Gasteiger partial charge is 0.246 e. The van der Waals surface area contributed by atoms with Gasteiger partial charge in [0, 0.05) is 6.54 Å². The van der Waals surface area contributed by atoms with Crippen molar-refractivity contribution in [3.8, 4) is 0 Å². The number of anilines is 1. The quantitative estimate of drug-likeness (QED) is 0.800. The van der Waals surface area contributed by atoms with Crippen LogP contribution < -0.4 is 10.5 Å². The minimum absolute atomic E-state index is 0.0410. The first-order valence-corrected chi connectivity index (χ1v) is 7.05. The van der Waals surface area contributed by atoms with Gasteiger partial charge in [0.15, 0.2) is 0 Å². The summed E-state index contributed by atoms with van der Waals surface area (Å²) in [6.07, 6.45) is 1.47. The Morgan fingerprint density at radius 2 is 2.06 bits per heavy atom. The number of nitrogens with zero attached hydrogens (tertiary/aromatic N) is 2. The van der Waals surface area contributed by atoms with E-state index in [1.54, 1.807) is 6.92 Å². The van der Waals surface area contributed by atoms with E-state index in [-0.39, 0.29) is 22.8 Å². The first kappa shape index (κ1) is 14.7. The third-order valence-corrected chi connectivity index (χ3v) is 3.95. The van der Waals surface area contributed by atoms with E-state index in [0.29, 0.717) is 5.69 Å². The first-order valence-electron chi connectivity index (χ1n) is 5.57. The Hall–Kier alpha value is -1.34. The second-order valence-corrected chi connectivity index (χ2v) is 6.73. The van der Waals surface area contributed by atoms with Crippen molar-refractivity contribution in [1.82, 2.24) is 14.5 Å². The molecule has 0 saturated heterocycles. The van der Waals surface area contributed by atoms with Crippen molar-refractivity contribution in [3.05, 3.63) is 18.3 Å². The van der Waals surface area contributed by atoms with Gasteiger partial charge in [-0.05, 0) is 27.7 Å². The zero-order valence-corrected chi connectivity index (χ0v) is 12.0. The number of sulfonamides is 1. The van der Waals surface area contributed by atoms with Crippen LogP contribution in [0.4, 0.5) is 5.82 Å². The van der Waals surface area contributed by atoms with E-state index in [0.717, 1.165) is 0 Å². The number of nitrogens with two attached hydrogens (primary N) is 1. The lowest BCUT2D eigenvalue weighted by Crippen LogP contribution is -2.27. The van der Waals surface area contributed by atoms with Gasteiger partial charge in [-0.1, -0.05) is 6.08 Å². The van der Waals surface area contributed by atoms with Crippen molar-refractivity contribution in [2.24, 2.45) is 0 Å². The van der Waals surface area contributed by atoms with Gasteiger partial charge in [0.25, 0.3) is 0 Å². The molecule has 1 heterocycles. The molecule has 1 rings (SSSR count). The molecule has 0 aliphatic rings. The summed E-state index contributed by atoms with van der Waals surface area (Å²) in [5.74, 6) is 0.150. The summed E-state index contributed by atoms with van der Waals surface area (Å²) >= 11 is 0. The molecule has 0 atom stereocenters. The molecule has 0 bridgehead atoms. The molecule has 0 aromatic carbocycles. The molecule has 0 amide bonds. The predicted octanol–water partition coefficient (Wildman–Crippen LogP) is 0.993. The van der Waals surface area contributed by atoms with Crippen molar-refractivity contribution in [1.29, 1.82) is 0 Å². The van der Waals surface area contributed by atoms with E-state index in [9.17, 15) is 8.42 Å². The molecule has 0 spiro atoms. The summed E-state index contributed by atoms with van der Waals surface area (Å²) in [6.45, 7) is 11.0. The number of hydrogen-bond acceptors (Lipinski definition) is 4. The normalized spacial score (nSPS) is 12.7. The summed E-state index contributed by atoms with van der Waals surface area (Å²) in [4.78, 5) is 0.0410. The minimum Gasteiger partial charge on any atom is -0.383 e. The van der Waals surface area contributed by atoms with Gasteiger partial charge in [0.2, 0.25) is 10.0 Å². The maximum absolute atomic E-state index is 12.1. The maximum Gasteiger partial charge on any atom is 0.246 e. The van der Waals surface area contributed by atoms with Gasteiger partial charge in [0.05, 0.1) is 11.2 Å². The fourth-order valence-corrected chi connectivity index (χ4v) is 2.89. The third kappa shape index (κ3) is 2.73. The molecule has 1 aromatic rings. The minimum atomic E-state index is -3.65. The van der Waals surface area contributed by atoms with Crippen molar-refractivity contribution in [2.75, 3.05) is 12.3 Å². The number of aryl methyl sites for hydroxylation is 1. The predicted molar refractivity (Wildman–Crippen MR) is 71.8 cm³/mol. The monoisotopic (exact) mass is 272 g/mol. The summed E-state index contributed by atoms with van der Waals surface area (Å²) in [5.41, 5.74) is 5.92. The Morgan fingerprint density at radius 3 is 2.44 bits per heavy atom. The van der Waals surface area contributed by atoms with E-state index in [1.165, 1.54) is 10.8 Å². The van der Waals surface area contributed by atoms with Crippen LogP contribution in [-0.4, -0.2) is 24.7 Å². The molecule has 3 N–H and O–H groups in total. The Labute approximate surface area is 108 Å². The number of rotatable bonds is 4. The molecule has 0 aliphatic carbocycles. The molecule has 1 aromatic heterocycles. The average molecular weight is 272 g/mol. The van der Waals surface area contributed by atoms with Gasteiger partial charge in [-0.2, -0.15) is 5.10 Å². The van der Waals surface area contributed by atoms with Crippen LogP contribution in [0.15, 0.2) is 17.6 Å². The summed E-state index contributed by atoms with van der Waals surface area (Å²) in [5, 5.41) is 4.20. The second-order valence-electron chi connectivity index (χ2n) is 5.02. The summed E-state index contributed by atoms with van der Waals surface area (Å²) in [6, 6.07) is 0. The molecular formula is C11H20N4O2S. The van der Waals surface area contributed by atoms with Crippen molar-refractivity contribution >= 4 is 15.8 Å². The maximum atomic E-state index is 12.1. The number of aromatic nitrogens is 2. The van der Waals surface area contributed by atoms with Crippen LogP contribution in [0.3, 0.4) is 0 Å². The fraction of sp³-hybridized carbons (Fsp3) is 0.545. The van der Waals surface area contributed by atoms with Crippen LogP contribution >= 0.6 is 0 Å². The largest absolute Gasteiger partial charge is 0.383 e. The lowest BCUT2D eigenvalue weighted by Gasteiger charge is -2.20. The number of nitrogens with one attached hydrogen (secondary N) is 1. The van der Waals surface area contributed by atoms with Crippen LogP contribution in [0.25, 0.3) is 0 Å². The van der Waals surface area contributed by atoms with E-state index >= 15 is 0 Å². The molecular weight excluding hydrogens is 252 g/mol. The molecule has 102 valence electrons. The van der Waals surface area contributed by atoms with E-state index in [4.69, 9.17) is 5.73 Å². The van der Waals surface area contributed by atoms with Gasteiger partial charge in [-0.3, -0.25) is 0 Å². The standard InChI is InChI=1S/C11H20N4O2S/c1-6-7-13-18(16,17)9-8(2)14-15(10(9)12)11(3,4)5/h6,13H,1,7,12H2,2-5H3. The van der Waals surface area contributed by atoms with Crippen LogP contribution in [0.5, 0.6) is 0 Å². The molecule has 0 unspecified atom stereocenters. The highest BCUT2D eigenvalue weighted by Crippen LogP contribution is 2.27. The van der Waals surface area contributed by atoms with E-state index in [2.05, 4.69) is 16.4 Å². The summed E-state index contributed by atoms with van der Waals surface area (Å²) < 4.78 is 28.1. The van der Waals surface area contributed by atoms with Gasteiger partial charge in [-0.25, -0.2) is 17.8 Å². The Kier molecular flexibility index (Phi) is 3.87. The highest BCUT2D eigenvalue weighted by molar-refractivity contribution is 7.89. The van der Waals surface area contributed by atoms with E-state index in [1.807, 2.05) is 20.8 Å². The number of nitrogen functional groups attached to an aromatic ring is 1. The second kappa shape index (κ2) is 4.74. The van der Waals surface area contributed by atoms with Gasteiger partial charge in [0.1, 0.15) is 10.7 Å². The van der Waals surface area contributed by atoms with Gasteiger partial charge >= 0.3 is 0 Å². The van der Waals surface area contributed by atoms with Crippen LogP contribution in [0.1, 0.15) is 26.5 Å². The highest BCUT2D eigenvalue weighted by atomic mass is 32.2. The zero-order chi connectivity index (χ0) is 14.1. The first-order chi connectivity index (χ1) is 8.11. The van der Waals surface area contributed by atoms with Crippen molar-refractivity contribution in [3.63, 3.8) is 0 Å². The topological polar surface area (TPSA) is 90.0 Å². The fourth-order valence-electron chi connectivity index (χ4n) is 1.62. The van der Waals surface area contributed by atoms with E-state index < -0.39 is 10.0 Å². The molecule has 6 nitrogen and oxygen atoms in total. The van der Waals surface area contributed by atoms with Gasteiger partial charge < -0.3 is 5.73 Å². The van der Waals surface area contributed by atoms with Gasteiger partial charge in [-0.15, -0.1) is 6.58 Å². The molecule has 0 fully saturated rings. The summed E-state index contributed by atoms with van der Waals surface area (Å²) in [7, 11) is -3.65. The zero-order valence-electron chi connectivity index (χ0n) is 11.2. The molecule has 18 heavy (non-hydrogen) atoms.